The van der Waals surface area contributed by atoms with E-state index < -0.39 is 0 Å². The van der Waals surface area contributed by atoms with Gasteiger partial charge in [0.05, 0.1) is 6.54 Å². The van der Waals surface area contributed by atoms with Gasteiger partial charge in [0.25, 0.3) is 0 Å². The number of hydrogen-bond acceptors (Lipinski definition) is 3. The highest BCUT2D eigenvalue weighted by atomic mass is 127. The first-order valence-electron chi connectivity index (χ1n) is 7.98. The van der Waals surface area contributed by atoms with E-state index in [0.29, 0.717) is 6.54 Å². The molecule has 0 radical (unpaired) electrons. The number of nitrogens with one attached hydrogen (secondary N) is 2. The van der Waals surface area contributed by atoms with Gasteiger partial charge < -0.3 is 10.6 Å². The molecule has 6 nitrogen and oxygen atoms in total. The van der Waals surface area contributed by atoms with Gasteiger partial charge >= 0.3 is 0 Å². The third-order valence-corrected chi connectivity index (χ3v) is 3.66. The van der Waals surface area contributed by atoms with Crippen molar-refractivity contribution in [3.8, 4) is 0 Å². The van der Waals surface area contributed by atoms with Crippen molar-refractivity contribution in [2.75, 3.05) is 13.6 Å². The molecule has 0 aromatic carbocycles. The Bertz CT molecular complexity index is 418. The molecule has 22 heavy (non-hydrogen) atoms. The summed E-state index contributed by atoms with van der Waals surface area (Å²) < 4.78 is 1.77. The molecule has 0 amide bonds. The zero-order valence-corrected chi connectivity index (χ0v) is 16.6. The van der Waals surface area contributed by atoms with Gasteiger partial charge in [0, 0.05) is 20.6 Å². The van der Waals surface area contributed by atoms with Gasteiger partial charge in [-0.15, -0.1) is 24.0 Å². The Morgan fingerprint density at radius 1 is 1.27 bits per heavy atom. The summed E-state index contributed by atoms with van der Waals surface area (Å²) in [5.41, 5.74) is 0. The number of aryl methyl sites for hydroxylation is 1. The molecule has 0 bridgehead atoms. The van der Waals surface area contributed by atoms with Crippen molar-refractivity contribution in [3.05, 3.63) is 12.2 Å². The molecule has 1 unspecified atom stereocenters. The van der Waals surface area contributed by atoms with Crippen LogP contribution >= 0.6 is 24.0 Å². The van der Waals surface area contributed by atoms with Crippen LogP contribution in [0.4, 0.5) is 0 Å². The Morgan fingerprint density at radius 2 is 2.05 bits per heavy atom. The highest BCUT2D eigenvalue weighted by Crippen LogP contribution is 2.13. The topological polar surface area (TPSA) is 67.1 Å². The van der Waals surface area contributed by atoms with Crippen LogP contribution in [-0.2, 0) is 13.6 Å². The summed E-state index contributed by atoms with van der Waals surface area (Å²) in [5.74, 6) is 2.45. The minimum absolute atomic E-state index is 0. The Kier molecular flexibility index (Phi) is 12.2. The molecule has 0 fully saturated rings. The highest BCUT2D eigenvalue weighted by molar-refractivity contribution is 14.0. The monoisotopic (exact) mass is 422 g/mol. The third kappa shape index (κ3) is 7.95. The van der Waals surface area contributed by atoms with Crippen molar-refractivity contribution in [1.82, 2.24) is 25.4 Å². The van der Waals surface area contributed by atoms with Crippen molar-refractivity contribution in [2.45, 2.75) is 52.5 Å². The highest BCUT2D eigenvalue weighted by Gasteiger charge is 2.09. The van der Waals surface area contributed by atoms with Crippen molar-refractivity contribution in [3.63, 3.8) is 0 Å². The summed E-state index contributed by atoms with van der Waals surface area (Å²) in [6.07, 6.45) is 7.93. The molecule has 0 spiro atoms. The summed E-state index contributed by atoms with van der Waals surface area (Å²) >= 11 is 0. The molecule has 2 N–H and O–H groups in total. The average Bonchev–Trinajstić information content (AvgIpc) is 2.90. The van der Waals surface area contributed by atoms with Crippen molar-refractivity contribution in [2.24, 2.45) is 18.0 Å². The average molecular weight is 422 g/mol. The van der Waals surface area contributed by atoms with Crippen LogP contribution < -0.4 is 10.6 Å². The van der Waals surface area contributed by atoms with E-state index >= 15 is 0 Å². The molecule has 0 aliphatic heterocycles. The molecule has 7 heteroatoms. The first-order chi connectivity index (χ1) is 10.2. The number of aromatic nitrogens is 3. The van der Waals surface area contributed by atoms with Crippen molar-refractivity contribution in [1.29, 1.82) is 0 Å². The maximum absolute atomic E-state index is 4.27. The SMILES string of the molecule is CCCCC(CCC)CNC(=NC)NCc1ncnn1C.I. The molecule has 128 valence electrons. The first-order valence-corrected chi connectivity index (χ1v) is 7.98. The number of rotatable bonds is 9. The molecule has 1 heterocycles. The number of hydrogen-bond donors (Lipinski definition) is 2. The number of guanidine groups is 1. The number of aliphatic imine (C=N–C) groups is 1. The Balaban J connectivity index is 0.00000441. The van der Waals surface area contributed by atoms with Crippen LogP contribution in [0.3, 0.4) is 0 Å². The second-order valence-electron chi connectivity index (χ2n) is 5.40. The molecule has 1 aromatic rings. The van der Waals surface area contributed by atoms with Crippen molar-refractivity contribution < 1.29 is 0 Å². The lowest BCUT2D eigenvalue weighted by Gasteiger charge is -2.18. The van der Waals surface area contributed by atoms with Gasteiger partial charge in [-0.3, -0.25) is 9.67 Å². The van der Waals surface area contributed by atoms with E-state index in [0.717, 1.165) is 24.2 Å². The second kappa shape index (κ2) is 12.7. The van der Waals surface area contributed by atoms with Crippen LogP contribution in [0.1, 0.15) is 51.8 Å². The molecule has 0 aliphatic carbocycles. The molecule has 0 saturated heterocycles. The van der Waals surface area contributed by atoms with Crippen LogP contribution in [0.25, 0.3) is 0 Å². The minimum atomic E-state index is 0. The maximum atomic E-state index is 4.27. The number of nitrogens with zero attached hydrogens (tertiary/aromatic N) is 4. The lowest BCUT2D eigenvalue weighted by Crippen LogP contribution is -2.39. The third-order valence-electron chi connectivity index (χ3n) is 3.66. The van der Waals surface area contributed by atoms with Crippen LogP contribution in [0.5, 0.6) is 0 Å². The summed E-state index contributed by atoms with van der Waals surface area (Å²) in [5, 5.41) is 10.8. The standard InChI is InChI=1S/C15H30N6.HI/c1-5-7-9-13(8-6-2)10-17-15(16-3)18-11-14-19-12-20-21(14)4;/h12-13H,5-11H2,1-4H3,(H2,16,17,18);1H. The van der Waals surface area contributed by atoms with Crippen LogP contribution in [0.2, 0.25) is 0 Å². The molecule has 1 aromatic heterocycles. The normalized spacial score (nSPS) is 12.6. The van der Waals surface area contributed by atoms with Gasteiger partial charge in [-0.25, -0.2) is 4.98 Å². The molecule has 1 atom stereocenters. The summed E-state index contributed by atoms with van der Waals surface area (Å²) in [6.45, 7) is 6.10. The Morgan fingerprint density at radius 3 is 2.59 bits per heavy atom. The Labute approximate surface area is 151 Å². The van der Waals surface area contributed by atoms with E-state index in [4.69, 9.17) is 0 Å². The maximum Gasteiger partial charge on any atom is 0.191 e. The van der Waals surface area contributed by atoms with E-state index in [2.05, 4.69) is 39.6 Å². The van der Waals surface area contributed by atoms with E-state index in [-0.39, 0.29) is 24.0 Å². The molecular formula is C15H31IN6. The fourth-order valence-electron chi connectivity index (χ4n) is 2.35. The molecular weight excluding hydrogens is 391 g/mol. The minimum Gasteiger partial charge on any atom is -0.356 e. The number of halogens is 1. The number of unbranched alkanes of at least 4 members (excludes halogenated alkanes) is 1. The van der Waals surface area contributed by atoms with Crippen molar-refractivity contribution >= 4 is 29.9 Å². The van der Waals surface area contributed by atoms with E-state index in [9.17, 15) is 0 Å². The van der Waals surface area contributed by atoms with Gasteiger partial charge in [0.15, 0.2) is 5.96 Å². The summed E-state index contributed by atoms with van der Waals surface area (Å²) in [7, 11) is 3.69. The van der Waals surface area contributed by atoms with Crippen LogP contribution in [0, 0.1) is 5.92 Å². The smallest absolute Gasteiger partial charge is 0.191 e. The van der Waals surface area contributed by atoms with Gasteiger partial charge in [-0.1, -0.05) is 33.1 Å². The van der Waals surface area contributed by atoms with Gasteiger partial charge in [0.2, 0.25) is 0 Å². The lowest BCUT2D eigenvalue weighted by molar-refractivity contribution is 0.423. The largest absolute Gasteiger partial charge is 0.356 e. The predicted molar refractivity (Wildman–Crippen MR) is 103 cm³/mol. The molecule has 0 saturated carbocycles. The Hall–Kier alpha value is -0.860. The zero-order valence-electron chi connectivity index (χ0n) is 14.3. The summed E-state index contributed by atoms with van der Waals surface area (Å²) in [6, 6.07) is 0. The lowest BCUT2D eigenvalue weighted by atomic mass is 9.97. The van der Waals surface area contributed by atoms with E-state index in [1.165, 1.54) is 32.1 Å². The van der Waals surface area contributed by atoms with Crippen LogP contribution in [-0.4, -0.2) is 34.3 Å². The van der Waals surface area contributed by atoms with Gasteiger partial charge in [0.1, 0.15) is 12.2 Å². The predicted octanol–water partition coefficient (Wildman–Crippen LogP) is 2.70. The quantitative estimate of drug-likeness (QED) is 0.365. The van der Waals surface area contributed by atoms with Gasteiger partial charge in [-0.2, -0.15) is 5.10 Å². The van der Waals surface area contributed by atoms with Gasteiger partial charge in [-0.05, 0) is 18.8 Å². The van der Waals surface area contributed by atoms with E-state index in [1.54, 1.807) is 18.1 Å². The first kappa shape index (κ1) is 21.1. The van der Waals surface area contributed by atoms with Crippen LogP contribution in [0.15, 0.2) is 11.3 Å². The van der Waals surface area contributed by atoms with E-state index in [1.807, 2.05) is 7.05 Å². The fraction of sp³-hybridized carbons (Fsp3) is 0.800. The fourth-order valence-corrected chi connectivity index (χ4v) is 2.35. The molecule has 0 aliphatic rings. The second-order valence-corrected chi connectivity index (χ2v) is 5.40. The zero-order chi connectivity index (χ0) is 15.5. The molecule has 1 rings (SSSR count). The summed E-state index contributed by atoms with van der Waals surface area (Å²) in [4.78, 5) is 8.46.